The van der Waals surface area contributed by atoms with Crippen LogP contribution in [0.2, 0.25) is 0 Å². The summed E-state index contributed by atoms with van der Waals surface area (Å²) in [5, 5.41) is 20.1. The smallest absolute Gasteiger partial charge is 0.311 e. The fraction of sp³-hybridized carbons (Fsp3) is 0.533. The summed E-state index contributed by atoms with van der Waals surface area (Å²) in [7, 11) is 1.29. The van der Waals surface area contributed by atoms with Crippen LogP contribution in [-0.2, 0) is 16.0 Å². The number of carbonyl (C=O) groups excluding carboxylic acids is 1. The number of rotatable bonds is 6. The summed E-state index contributed by atoms with van der Waals surface area (Å²) in [5.41, 5.74) is 1.02. The zero-order valence-electron chi connectivity index (χ0n) is 11.6. The molecule has 4 atom stereocenters. The molecule has 0 aliphatic heterocycles. The molecule has 1 rings (SSSR count). The van der Waals surface area contributed by atoms with Gasteiger partial charge in [0, 0.05) is 5.92 Å². The number of aliphatic hydroxyl groups is 2. The van der Waals surface area contributed by atoms with E-state index >= 15 is 0 Å². The van der Waals surface area contributed by atoms with Crippen molar-refractivity contribution in [1.82, 2.24) is 0 Å². The number of hydrogen-bond donors (Lipinski definition) is 2. The Kier molecular flexibility index (Phi) is 5.99. The van der Waals surface area contributed by atoms with E-state index in [1.807, 2.05) is 30.3 Å². The maximum atomic E-state index is 11.5. The molecule has 0 spiro atoms. The molecule has 0 bridgehead atoms. The van der Waals surface area contributed by atoms with Crippen LogP contribution in [0.25, 0.3) is 0 Å². The highest BCUT2D eigenvalue weighted by Crippen LogP contribution is 2.22. The van der Waals surface area contributed by atoms with Crippen LogP contribution in [0.5, 0.6) is 0 Å². The van der Waals surface area contributed by atoms with Gasteiger partial charge in [-0.25, -0.2) is 0 Å². The molecular formula is C15H22O4. The lowest BCUT2D eigenvalue weighted by atomic mass is 9.84. The molecule has 19 heavy (non-hydrogen) atoms. The first-order valence-electron chi connectivity index (χ1n) is 6.45. The molecule has 4 nitrogen and oxygen atoms in total. The van der Waals surface area contributed by atoms with Crippen molar-refractivity contribution in [2.24, 2.45) is 11.8 Å². The molecule has 4 heteroatoms. The van der Waals surface area contributed by atoms with Gasteiger partial charge in [-0.05, 0) is 25.8 Å². The van der Waals surface area contributed by atoms with Gasteiger partial charge >= 0.3 is 5.97 Å². The number of carbonyl (C=O) groups is 1. The Morgan fingerprint density at radius 3 is 2.26 bits per heavy atom. The first kappa shape index (κ1) is 15.7. The Morgan fingerprint density at radius 1 is 1.21 bits per heavy atom. The summed E-state index contributed by atoms with van der Waals surface area (Å²) < 4.78 is 4.63. The van der Waals surface area contributed by atoms with E-state index in [0.29, 0.717) is 6.42 Å². The number of aliphatic hydroxyl groups excluding tert-OH is 2. The number of esters is 1. The maximum absolute atomic E-state index is 11.5. The molecule has 0 saturated heterocycles. The van der Waals surface area contributed by atoms with E-state index < -0.39 is 30.0 Å². The van der Waals surface area contributed by atoms with Gasteiger partial charge in [-0.3, -0.25) is 4.79 Å². The van der Waals surface area contributed by atoms with Crippen molar-refractivity contribution in [2.45, 2.75) is 32.5 Å². The minimum absolute atomic E-state index is 0.406. The predicted molar refractivity (Wildman–Crippen MR) is 72.5 cm³/mol. The van der Waals surface area contributed by atoms with E-state index in [4.69, 9.17) is 0 Å². The second-order valence-corrected chi connectivity index (χ2v) is 4.90. The van der Waals surface area contributed by atoms with Gasteiger partial charge < -0.3 is 14.9 Å². The average molecular weight is 266 g/mol. The summed E-state index contributed by atoms with van der Waals surface area (Å²) >= 11 is 0. The molecular weight excluding hydrogens is 244 g/mol. The monoisotopic (exact) mass is 266 g/mol. The SMILES string of the molecule is COC(=O)[C@H](C)[C@@H](O)[C@H](Cc1ccccc1)[C@H](C)O. The molecule has 0 unspecified atom stereocenters. The fourth-order valence-corrected chi connectivity index (χ4v) is 2.16. The van der Waals surface area contributed by atoms with Crippen LogP contribution in [0.4, 0.5) is 0 Å². The molecule has 0 heterocycles. The molecule has 0 aromatic heterocycles. The van der Waals surface area contributed by atoms with E-state index in [0.717, 1.165) is 5.56 Å². The third-order valence-corrected chi connectivity index (χ3v) is 3.46. The normalized spacial score (nSPS) is 17.3. The first-order valence-corrected chi connectivity index (χ1v) is 6.45. The Labute approximate surface area is 114 Å². The highest BCUT2D eigenvalue weighted by atomic mass is 16.5. The van der Waals surface area contributed by atoms with Crippen molar-refractivity contribution in [1.29, 1.82) is 0 Å². The molecule has 0 saturated carbocycles. The van der Waals surface area contributed by atoms with E-state index in [1.54, 1.807) is 13.8 Å². The predicted octanol–water partition coefficient (Wildman–Crippen LogP) is 1.40. The first-order chi connectivity index (χ1) is 8.97. The molecule has 1 aromatic rings. The summed E-state index contributed by atoms with van der Waals surface area (Å²) in [6, 6.07) is 9.60. The van der Waals surface area contributed by atoms with Gasteiger partial charge in [0.15, 0.2) is 0 Å². The van der Waals surface area contributed by atoms with Gasteiger partial charge in [0.25, 0.3) is 0 Å². The second-order valence-electron chi connectivity index (χ2n) is 4.90. The zero-order chi connectivity index (χ0) is 14.4. The van der Waals surface area contributed by atoms with Crippen molar-refractivity contribution in [2.75, 3.05) is 7.11 Å². The van der Waals surface area contributed by atoms with Crippen LogP contribution < -0.4 is 0 Å². The van der Waals surface area contributed by atoms with Crippen LogP contribution in [-0.4, -0.2) is 35.5 Å². The van der Waals surface area contributed by atoms with Gasteiger partial charge in [-0.1, -0.05) is 30.3 Å². The van der Waals surface area contributed by atoms with Gasteiger partial charge in [0.05, 0.1) is 25.2 Å². The van der Waals surface area contributed by atoms with Crippen LogP contribution in [0.3, 0.4) is 0 Å². The number of hydrogen-bond acceptors (Lipinski definition) is 4. The van der Waals surface area contributed by atoms with Crippen LogP contribution in [0, 0.1) is 11.8 Å². The van der Waals surface area contributed by atoms with Crippen LogP contribution in [0.15, 0.2) is 30.3 Å². The van der Waals surface area contributed by atoms with Crippen LogP contribution >= 0.6 is 0 Å². The minimum Gasteiger partial charge on any atom is -0.469 e. The lowest BCUT2D eigenvalue weighted by Gasteiger charge is -2.28. The van der Waals surface area contributed by atoms with Gasteiger partial charge in [0.2, 0.25) is 0 Å². The fourth-order valence-electron chi connectivity index (χ4n) is 2.16. The molecule has 0 amide bonds. The number of ether oxygens (including phenoxy) is 1. The van der Waals surface area contributed by atoms with E-state index in [9.17, 15) is 15.0 Å². The molecule has 1 aromatic carbocycles. The zero-order valence-corrected chi connectivity index (χ0v) is 11.6. The lowest BCUT2D eigenvalue weighted by Crippen LogP contribution is -2.39. The Morgan fingerprint density at radius 2 is 1.79 bits per heavy atom. The molecule has 0 aliphatic carbocycles. The highest BCUT2D eigenvalue weighted by Gasteiger charge is 2.32. The minimum atomic E-state index is -0.937. The highest BCUT2D eigenvalue weighted by molar-refractivity contribution is 5.72. The quantitative estimate of drug-likeness (QED) is 0.764. The van der Waals surface area contributed by atoms with Crippen molar-refractivity contribution >= 4 is 5.97 Å². The van der Waals surface area contributed by atoms with Crippen LogP contribution in [0.1, 0.15) is 19.4 Å². The van der Waals surface area contributed by atoms with E-state index in [1.165, 1.54) is 7.11 Å². The summed E-state index contributed by atoms with van der Waals surface area (Å²) in [6.07, 6.45) is -1.13. The number of benzene rings is 1. The van der Waals surface area contributed by atoms with Crippen molar-refractivity contribution in [3.8, 4) is 0 Å². The van der Waals surface area contributed by atoms with Crippen molar-refractivity contribution < 1.29 is 19.7 Å². The number of methoxy groups -OCH3 is 1. The summed E-state index contributed by atoms with van der Waals surface area (Å²) in [4.78, 5) is 11.5. The van der Waals surface area contributed by atoms with Gasteiger partial charge in [-0.15, -0.1) is 0 Å². The molecule has 0 aliphatic rings. The molecule has 0 radical (unpaired) electrons. The lowest BCUT2D eigenvalue weighted by molar-refractivity contribution is -0.151. The third-order valence-electron chi connectivity index (χ3n) is 3.46. The molecule has 2 N–H and O–H groups in total. The van der Waals surface area contributed by atoms with E-state index in [-0.39, 0.29) is 0 Å². The summed E-state index contributed by atoms with van der Waals surface area (Å²) in [6.45, 7) is 3.23. The Hall–Kier alpha value is -1.39. The third kappa shape index (κ3) is 4.33. The van der Waals surface area contributed by atoms with Crippen molar-refractivity contribution in [3.63, 3.8) is 0 Å². The Balaban J connectivity index is 2.80. The summed E-state index contributed by atoms with van der Waals surface area (Å²) in [5.74, 6) is -1.53. The molecule has 0 fully saturated rings. The average Bonchev–Trinajstić information content (AvgIpc) is 2.43. The maximum Gasteiger partial charge on any atom is 0.311 e. The standard InChI is InChI=1S/C15H22O4/c1-10(15(18)19-3)14(17)13(11(2)16)9-12-7-5-4-6-8-12/h4-8,10-11,13-14,16-17H,9H2,1-3H3/t10-,11+,13-,14-/m1/s1. The molecule has 106 valence electrons. The largest absolute Gasteiger partial charge is 0.469 e. The van der Waals surface area contributed by atoms with Gasteiger partial charge in [-0.2, -0.15) is 0 Å². The van der Waals surface area contributed by atoms with Crippen molar-refractivity contribution in [3.05, 3.63) is 35.9 Å². The second kappa shape index (κ2) is 7.26. The van der Waals surface area contributed by atoms with E-state index in [2.05, 4.69) is 4.74 Å². The Bertz CT molecular complexity index is 388. The van der Waals surface area contributed by atoms with Gasteiger partial charge in [0.1, 0.15) is 0 Å². The topological polar surface area (TPSA) is 66.8 Å².